The van der Waals surface area contributed by atoms with Crippen LogP contribution >= 0.6 is 0 Å². The summed E-state index contributed by atoms with van der Waals surface area (Å²) in [7, 11) is 0. The minimum atomic E-state index is -0.451. The third kappa shape index (κ3) is 3.90. The molecular formula is C24H20FN5O. The van der Waals surface area contributed by atoms with Gasteiger partial charge < -0.3 is 15.5 Å². The van der Waals surface area contributed by atoms with E-state index >= 15 is 0 Å². The second kappa shape index (κ2) is 8.02. The Morgan fingerprint density at radius 1 is 1.03 bits per heavy atom. The van der Waals surface area contributed by atoms with Crippen LogP contribution in [0.3, 0.4) is 0 Å². The third-order valence-corrected chi connectivity index (χ3v) is 5.40. The van der Waals surface area contributed by atoms with Crippen molar-refractivity contribution in [2.75, 3.05) is 17.2 Å². The number of hydrogen-bond donors (Lipinski definition) is 2. The van der Waals surface area contributed by atoms with Gasteiger partial charge in [-0.1, -0.05) is 30.3 Å². The number of pyridine rings is 2. The van der Waals surface area contributed by atoms with Gasteiger partial charge in [-0.3, -0.25) is 4.98 Å². The molecule has 0 atom stereocenters. The highest BCUT2D eigenvalue weighted by Gasteiger charge is 2.23. The molecule has 1 aliphatic heterocycles. The van der Waals surface area contributed by atoms with E-state index in [1.165, 1.54) is 6.07 Å². The van der Waals surface area contributed by atoms with Gasteiger partial charge in [-0.2, -0.15) is 0 Å². The molecule has 0 aliphatic carbocycles. The van der Waals surface area contributed by atoms with Crippen molar-refractivity contribution in [2.45, 2.75) is 13.0 Å². The summed E-state index contributed by atoms with van der Waals surface area (Å²) in [4.78, 5) is 23.3. The molecule has 154 valence electrons. The lowest BCUT2D eigenvalue weighted by molar-refractivity contribution is 0.206. The number of hydrogen-bond acceptors (Lipinski definition) is 4. The Kier molecular flexibility index (Phi) is 4.92. The third-order valence-electron chi connectivity index (χ3n) is 5.40. The van der Waals surface area contributed by atoms with Crippen molar-refractivity contribution in [2.24, 2.45) is 0 Å². The van der Waals surface area contributed by atoms with Crippen LogP contribution in [0.5, 0.6) is 0 Å². The Balaban J connectivity index is 1.34. The largest absolute Gasteiger partial charge is 0.339 e. The molecule has 2 amide bonds. The Hall–Kier alpha value is -4.00. The lowest BCUT2D eigenvalue weighted by Gasteiger charge is -2.30. The summed E-state index contributed by atoms with van der Waals surface area (Å²) in [5.74, 6) is 0.316. The number of nitrogens with zero attached hydrogens (tertiary/aromatic N) is 3. The first-order valence-electron chi connectivity index (χ1n) is 10.1. The van der Waals surface area contributed by atoms with E-state index < -0.39 is 5.82 Å². The number of halogens is 1. The minimum Gasteiger partial charge on any atom is -0.339 e. The number of rotatable bonds is 3. The predicted octanol–water partition coefficient (Wildman–Crippen LogP) is 5.10. The Morgan fingerprint density at radius 2 is 1.87 bits per heavy atom. The standard InChI is InChI=1S/C24H20FN5O/c25-20-6-2-4-8-22(20)29-24(31)30-12-10-19-17(15-30)9-11-26-23(19)28-18-13-16-5-1-3-7-21(16)27-14-18/h1-9,11,13-14H,10,12,15H2,(H,26,28)(H,29,31). The number of amides is 2. The van der Waals surface area contributed by atoms with Crippen molar-refractivity contribution in [3.8, 4) is 0 Å². The molecule has 7 heteroatoms. The van der Waals surface area contributed by atoms with Gasteiger partial charge in [0.05, 0.1) is 23.1 Å². The van der Waals surface area contributed by atoms with Crippen molar-refractivity contribution in [3.05, 3.63) is 90.0 Å². The highest BCUT2D eigenvalue weighted by atomic mass is 19.1. The van der Waals surface area contributed by atoms with Crippen LogP contribution in [0.2, 0.25) is 0 Å². The van der Waals surface area contributed by atoms with Gasteiger partial charge in [-0.05, 0) is 42.3 Å². The molecule has 4 aromatic rings. The molecule has 0 spiro atoms. The van der Waals surface area contributed by atoms with E-state index in [0.29, 0.717) is 19.5 Å². The molecule has 2 aromatic heterocycles. The van der Waals surface area contributed by atoms with Crippen LogP contribution in [0.15, 0.2) is 73.1 Å². The monoisotopic (exact) mass is 413 g/mol. The van der Waals surface area contributed by atoms with Crippen molar-refractivity contribution < 1.29 is 9.18 Å². The van der Waals surface area contributed by atoms with E-state index in [1.807, 2.05) is 36.4 Å². The topological polar surface area (TPSA) is 70.2 Å². The van der Waals surface area contributed by atoms with Gasteiger partial charge in [-0.15, -0.1) is 0 Å². The summed E-state index contributed by atoms with van der Waals surface area (Å²) in [5, 5.41) is 7.08. The van der Waals surface area contributed by atoms with Crippen molar-refractivity contribution in [1.82, 2.24) is 14.9 Å². The van der Waals surface area contributed by atoms with E-state index in [9.17, 15) is 9.18 Å². The average Bonchev–Trinajstić information content (AvgIpc) is 2.80. The summed E-state index contributed by atoms with van der Waals surface area (Å²) >= 11 is 0. The minimum absolute atomic E-state index is 0.180. The van der Waals surface area contributed by atoms with Gasteiger partial charge in [0.1, 0.15) is 11.6 Å². The average molecular weight is 413 g/mol. The second-order valence-electron chi connectivity index (χ2n) is 7.42. The van der Waals surface area contributed by atoms with Crippen LogP contribution < -0.4 is 10.6 Å². The highest BCUT2D eigenvalue weighted by Crippen LogP contribution is 2.28. The maximum absolute atomic E-state index is 13.9. The van der Waals surface area contributed by atoms with E-state index in [0.717, 1.165) is 33.5 Å². The first-order chi connectivity index (χ1) is 15.2. The van der Waals surface area contributed by atoms with E-state index in [4.69, 9.17) is 0 Å². The summed E-state index contributed by atoms with van der Waals surface area (Å²) in [6.07, 6.45) is 4.17. The van der Waals surface area contributed by atoms with Gasteiger partial charge in [-0.25, -0.2) is 14.2 Å². The number of fused-ring (bicyclic) bond motifs is 2. The molecule has 0 fully saturated rings. The molecule has 6 nitrogen and oxygen atoms in total. The fourth-order valence-corrected chi connectivity index (χ4v) is 3.80. The molecule has 0 radical (unpaired) electrons. The second-order valence-corrected chi connectivity index (χ2v) is 7.42. The maximum atomic E-state index is 13.9. The zero-order valence-corrected chi connectivity index (χ0v) is 16.7. The number of para-hydroxylation sites is 2. The Labute approximate surface area is 178 Å². The van der Waals surface area contributed by atoms with E-state index in [-0.39, 0.29) is 11.7 Å². The highest BCUT2D eigenvalue weighted by molar-refractivity contribution is 5.89. The zero-order chi connectivity index (χ0) is 21.2. The summed E-state index contributed by atoms with van der Waals surface area (Å²) in [5.41, 5.74) is 4.07. The molecule has 3 heterocycles. The normalized spacial score (nSPS) is 13.0. The lowest BCUT2D eigenvalue weighted by atomic mass is 10.0. The number of carbonyl (C=O) groups is 1. The van der Waals surface area contributed by atoms with Crippen LogP contribution in [0, 0.1) is 5.82 Å². The molecular weight excluding hydrogens is 393 g/mol. The molecule has 0 bridgehead atoms. The maximum Gasteiger partial charge on any atom is 0.322 e. The summed E-state index contributed by atoms with van der Waals surface area (Å²) in [6, 6.07) is 17.7. The quantitative estimate of drug-likeness (QED) is 0.490. The van der Waals surface area contributed by atoms with Crippen molar-refractivity contribution in [1.29, 1.82) is 0 Å². The summed E-state index contributed by atoms with van der Waals surface area (Å²) in [6.45, 7) is 0.951. The fourth-order valence-electron chi connectivity index (χ4n) is 3.80. The number of aromatic nitrogens is 2. The van der Waals surface area contributed by atoms with Crippen LogP contribution in [-0.4, -0.2) is 27.4 Å². The molecule has 31 heavy (non-hydrogen) atoms. The molecule has 5 rings (SSSR count). The van der Waals surface area contributed by atoms with Gasteiger partial charge in [0, 0.05) is 30.2 Å². The summed E-state index contributed by atoms with van der Waals surface area (Å²) < 4.78 is 13.9. The van der Waals surface area contributed by atoms with E-state index in [2.05, 4.69) is 20.6 Å². The van der Waals surface area contributed by atoms with Gasteiger partial charge in [0.2, 0.25) is 0 Å². The molecule has 0 saturated heterocycles. The smallest absolute Gasteiger partial charge is 0.322 e. The SMILES string of the molecule is O=C(Nc1ccccc1F)N1CCc2c(ccnc2Nc2cnc3ccccc3c2)C1. The van der Waals surface area contributed by atoms with Crippen LogP contribution in [0.1, 0.15) is 11.1 Å². The van der Waals surface area contributed by atoms with Gasteiger partial charge in [0.15, 0.2) is 0 Å². The molecule has 2 aromatic carbocycles. The first-order valence-corrected chi connectivity index (χ1v) is 10.1. The number of nitrogens with one attached hydrogen (secondary N) is 2. The van der Waals surface area contributed by atoms with Gasteiger partial charge in [0.25, 0.3) is 0 Å². The van der Waals surface area contributed by atoms with Gasteiger partial charge >= 0.3 is 6.03 Å². The van der Waals surface area contributed by atoms with Crippen LogP contribution in [0.25, 0.3) is 10.9 Å². The van der Waals surface area contributed by atoms with Crippen molar-refractivity contribution >= 4 is 34.1 Å². The fraction of sp³-hybridized carbons (Fsp3) is 0.125. The Bertz CT molecular complexity index is 1280. The molecule has 0 saturated carbocycles. The van der Waals surface area contributed by atoms with Crippen LogP contribution in [0.4, 0.5) is 26.4 Å². The first kappa shape index (κ1) is 19.0. The van der Waals surface area contributed by atoms with E-state index in [1.54, 1.807) is 35.5 Å². The predicted molar refractivity (Wildman–Crippen MR) is 119 cm³/mol. The lowest BCUT2D eigenvalue weighted by Crippen LogP contribution is -2.39. The van der Waals surface area contributed by atoms with Crippen LogP contribution in [-0.2, 0) is 13.0 Å². The number of anilines is 3. The number of benzene rings is 2. The Morgan fingerprint density at radius 3 is 2.77 bits per heavy atom. The number of urea groups is 1. The molecule has 1 aliphatic rings. The number of carbonyl (C=O) groups excluding carboxylic acids is 1. The van der Waals surface area contributed by atoms with Crippen molar-refractivity contribution in [3.63, 3.8) is 0 Å². The molecule has 2 N–H and O–H groups in total. The molecule has 0 unspecified atom stereocenters. The zero-order valence-electron chi connectivity index (χ0n) is 16.7.